The average Bonchev–Trinajstić information content (AvgIpc) is 2.49. The highest BCUT2D eigenvalue weighted by atomic mass is 32.1. The van der Waals surface area contributed by atoms with Crippen LogP contribution in [-0.2, 0) is 0 Å². The molecule has 1 aromatic carbocycles. The first-order valence-electron chi connectivity index (χ1n) is 4.09. The minimum Gasteiger partial charge on any atom is -0.205 e. The molecule has 0 unspecified atom stereocenters. The Morgan fingerprint density at radius 3 is 2.71 bits per heavy atom. The maximum atomic E-state index is 12.6. The Hall–Kier alpha value is -0.610. The number of aryl methyl sites for hydroxylation is 1. The summed E-state index contributed by atoms with van der Waals surface area (Å²) in [7, 11) is 0. The molecule has 0 bridgehead atoms. The molecule has 2 rings (SSSR count). The van der Waals surface area contributed by atoms with Gasteiger partial charge in [0.2, 0.25) is 0 Å². The second-order valence-electron chi connectivity index (χ2n) is 3.10. The van der Waals surface area contributed by atoms with Crippen molar-refractivity contribution in [1.29, 1.82) is 0 Å². The van der Waals surface area contributed by atoms with Crippen LogP contribution in [0, 0.1) is 6.92 Å². The van der Waals surface area contributed by atoms with E-state index in [4.69, 9.17) is 0 Å². The van der Waals surface area contributed by atoms with Crippen LogP contribution in [0.5, 0.6) is 0 Å². The normalized spacial score (nSPS) is 11.5. The lowest BCUT2D eigenvalue weighted by Crippen LogP contribution is -1.85. The van der Waals surface area contributed by atoms with Crippen LogP contribution in [0.15, 0.2) is 22.4 Å². The molecule has 0 fully saturated rings. The van der Waals surface area contributed by atoms with Gasteiger partial charge in [0.1, 0.15) is 0 Å². The summed E-state index contributed by atoms with van der Waals surface area (Å²) in [6, 6.07) is 3.21. The number of thiol groups is 1. The zero-order valence-electron chi connectivity index (χ0n) is 7.42. The van der Waals surface area contributed by atoms with Crippen molar-refractivity contribution in [2.45, 2.75) is 18.2 Å². The van der Waals surface area contributed by atoms with E-state index in [1.807, 2.05) is 6.92 Å². The van der Waals surface area contributed by atoms with Gasteiger partial charge in [0.05, 0.1) is 0 Å². The van der Waals surface area contributed by atoms with Crippen molar-refractivity contribution in [2.75, 3.05) is 0 Å². The largest absolute Gasteiger partial charge is 0.265 e. The Morgan fingerprint density at radius 2 is 2.07 bits per heavy atom. The van der Waals surface area contributed by atoms with Gasteiger partial charge >= 0.3 is 0 Å². The van der Waals surface area contributed by atoms with Crippen LogP contribution in [0.4, 0.5) is 8.78 Å². The summed E-state index contributed by atoms with van der Waals surface area (Å²) >= 11 is 5.58. The molecule has 14 heavy (non-hydrogen) atoms. The number of halogens is 2. The molecule has 0 aliphatic rings. The summed E-state index contributed by atoms with van der Waals surface area (Å²) < 4.78 is 25.9. The number of rotatable bonds is 1. The molecule has 0 N–H and O–H groups in total. The fraction of sp³-hybridized carbons (Fsp3) is 0.200. The highest BCUT2D eigenvalue weighted by molar-refractivity contribution is 7.80. The summed E-state index contributed by atoms with van der Waals surface area (Å²) in [6.07, 6.45) is -2.41. The van der Waals surface area contributed by atoms with Gasteiger partial charge in [-0.05, 0) is 12.5 Å². The molecule has 0 aliphatic carbocycles. The summed E-state index contributed by atoms with van der Waals surface area (Å²) in [5, 5.41) is 2.66. The zero-order valence-corrected chi connectivity index (χ0v) is 9.13. The maximum absolute atomic E-state index is 12.6. The monoisotopic (exact) mass is 230 g/mol. The van der Waals surface area contributed by atoms with Crippen LogP contribution >= 0.6 is 24.0 Å². The first-order chi connectivity index (χ1) is 6.61. The quantitative estimate of drug-likeness (QED) is 0.688. The van der Waals surface area contributed by atoms with Gasteiger partial charge in [0, 0.05) is 25.9 Å². The van der Waals surface area contributed by atoms with Gasteiger partial charge in [-0.2, -0.15) is 0 Å². The first kappa shape index (κ1) is 9.93. The zero-order chi connectivity index (χ0) is 10.3. The molecule has 1 aromatic heterocycles. The number of thiophene rings is 1. The van der Waals surface area contributed by atoms with Crippen molar-refractivity contribution in [1.82, 2.24) is 0 Å². The smallest absolute Gasteiger partial charge is 0.205 e. The molecule has 4 heteroatoms. The molecule has 74 valence electrons. The van der Waals surface area contributed by atoms with E-state index in [1.165, 1.54) is 17.4 Å². The summed E-state index contributed by atoms with van der Waals surface area (Å²) in [5.74, 6) is 0. The third kappa shape index (κ3) is 1.42. The number of hydrogen-bond acceptors (Lipinski definition) is 2. The molecule has 0 saturated carbocycles. The summed E-state index contributed by atoms with van der Waals surface area (Å²) in [4.78, 5) is 0.782. The van der Waals surface area contributed by atoms with E-state index in [2.05, 4.69) is 12.6 Å². The van der Waals surface area contributed by atoms with Gasteiger partial charge in [-0.25, -0.2) is 8.78 Å². The van der Waals surface area contributed by atoms with Crippen LogP contribution in [-0.4, -0.2) is 0 Å². The van der Waals surface area contributed by atoms with E-state index >= 15 is 0 Å². The molecule has 1 heterocycles. The third-order valence-electron chi connectivity index (χ3n) is 2.18. The Balaban J connectivity index is 2.83. The minimum atomic E-state index is -2.41. The van der Waals surface area contributed by atoms with Gasteiger partial charge in [-0.15, -0.1) is 24.0 Å². The number of benzene rings is 1. The number of hydrogen-bond donors (Lipinski definition) is 1. The van der Waals surface area contributed by atoms with Gasteiger partial charge in [0.25, 0.3) is 6.43 Å². The van der Waals surface area contributed by atoms with Crippen molar-refractivity contribution in [3.05, 3.63) is 28.6 Å². The van der Waals surface area contributed by atoms with Gasteiger partial charge in [0.15, 0.2) is 0 Å². The van der Waals surface area contributed by atoms with E-state index in [-0.39, 0.29) is 5.56 Å². The predicted molar refractivity (Wildman–Crippen MR) is 58.8 cm³/mol. The molecular formula is C10H8F2S2. The predicted octanol–water partition coefficient (Wildman–Crippen LogP) is 4.44. The Morgan fingerprint density at radius 1 is 1.36 bits per heavy atom. The molecule has 0 aliphatic heterocycles. The summed E-state index contributed by atoms with van der Waals surface area (Å²) in [5.41, 5.74) is 1.10. The lowest BCUT2D eigenvalue weighted by molar-refractivity contribution is 0.153. The third-order valence-corrected chi connectivity index (χ3v) is 3.73. The van der Waals surface area contributed by atoms with Crippen molar-refractivity contribution < 1.29 is 8.78 Å². The summed E-state index contributed by atoms with van der Waals surface area (Å²) in [6.45, 7) is 1.91. The minimum absolute atomic E-state index is 0.107. The van der Waals surface area contributed by atoms with Gasteiger partial charge < -0.3 is 0 Å². The number of alkyl halides is 2. The van der Waals surface area contributed by atoms with Gasteiger partial charge in [-0.1, -0.05) is 12.1 Å². The highest BCUT2D eigenvalue weighted by Gasteiger charge is 2.15. The maximum Gasteiger partial charge on any atom is 0.265 e. The van der Waals surface area contributed by atoms with E-state index in [0.717, 1.165) is 15.8 Å². The van der Waals surface area contributed by atoms with E-state index in [0.29, 0.717) is 4.70 Å². The Kier molecular flexibility index (Phi) is 2.49. The highest BCUT2D eigenvalue weighted by Crippen LogP contribution is 2.37. The molecule has 0 amide bonds. The second-order valence-corrected chi connectivity index (χ2v) is 4.46. The van der Waals surface area contributed by atoms with E-state index < -0.39 is 6.43 Å². The van der Waals surface area contributed by atoms with Crippen molar-refractivity contribution in [2.24, 2.45) is 0 Å². The number of fused-ring (bicyclic) bond motifs is 1. The molecule has 0 spiro atoms. The topological polar surface area (TPSA) is 0 Å². The molecule has 0 nitrogen and oxygen atoms in total. The van der Waals surface area contributed by atoms with Crippen molar-refractivity contribution in [3.8, 4) is 0 Å². The van der Waals surface area contributed by atoms with Crippen LogP contribution in [0.1, 0.15) is 17.6 Å². The second kappa shape index (κ2) is 3.51. The first-order valence-corrected chi connectivity index (χ1v) is 5.41. The van der Waals surface area contributed by atoms with Crippen LogP contribution in [0.25, 0.3) is 10.1 Å². The molecular weight excluding hydrogens is 222 g/mol. The van der Waals surface area contributed by atoms with Crippen LogP contribution in [0.2, 0.25) is 0 Å². The van der Waals surface area contributed by atoms with E-state index in [9.17, 15) is 8.78 Å². The van der Waals surface area contributed by atoms with Crippen LogP contribution < -0.4 is 0 Å². The van der Waals surface area contributed by atoms with Gasteiger partial charge in [-0.3, -0.25) is 0 Å². The fourth-order valence-electron chi connectivity index (χ4n) is 1.49. The fourth-order valence-corrected chi connectivity index (χ4v) is 3.04. The molecule has 0 atom stereocenters. The molecule has 0 saturated heterocycles. The van der Waals surface area contributed by atoms with Crippen LogP contribution in [0.3, 0.4) is 0 Å². The molecule has 0 radical (unpaired) electrons. The standard InChI is InChI=1S/C10H8F2S2/c1-5-2-3-6(10(11)12)9-8(5)7(13)4-14-9/h2-4,10,13H,1H3. The van der Waals surface area contributed by atoms with Crippen molar-refractivity contribution in [3.63, 3.8) is 0 Å². The van der Waals surface area contributed by atoms with E-state index in [1.54, 1.807) is 11.4 Å². The lowest BCUT2D eigenvalue weighted by Gasteiger charge is -2.03. The Bertz CT molecular complexity index is 474. The average molecular weight is 230 g/mol. The SMILES string of the molecule is Cc1ccc(C(F)F)c2scc(S)c12. The van der Waals surface area contributed by atoms with Crippen molar-refractivity contribution >= 4 is 34.1 Å². The Labute approximate surface area is 90.0 Å². The lowest BCUT2D eigenvalue weighted by atomic mass is 10.1. The molecule has 2 aromatic rings.